The zero-order chi connectivity index (χ0) is 28.7. The molecule has 0 bridgehead atoms. The molecule has 6 nitrogen and oxygen atoms in total. The van der Waals surface area contributed by atoms with Gasteiger partial charge in [0, 0.05) is 31.0 Å². The molecule has 40 heavy (non-hydrogen) atoms. The highest BCUT2D eigenvalue weighted by molar-refractivity contribution is 6.31. The van der Waals surface area contributed by atoms with E-state index in [0.717, 1.165) is 29.5 Å². The third-order valence-electron chi connectivity index (χ3n) is 6.63. The summed E-state index contributed by atoms with van der Waals surface area (Å²) in [4.78, 5) is 29.2. The van der Waals surface area contributed by atoms with Gasteiger partial charge in [0.1, 0.15) is 6.04 Å². The van der Waals surface area contributed by atoms with Gasteiger partial charge in [-0.15, -0.1) is 0 Å². The molecular weight excluding hydrogens is 524 g/mol. The molecule has 7 heteroatoms. The van der Waals surface area contributed by atoms with Crippen molar-refractivity contribution in [2.24, 2.45) is 0 Å². The fourth-order valence-corrected chi connectivity index (χ4v) is 4.71. The predicted octanol–water partition coefficient (Wildman–Crippen LogP) is 6.63. The fourth-order valence-electron chi connectivity index (χ4n) is 4.52. The van der Waals surface area contributed by atoms with Crippen molar-refractivity contribution < 1.29 is 19.1 Å². The molecule has 0 saturated carbocycles. The SMILES string of the molecule is CCCCNC(=O)[C@H](Cc1ccccc1)N(Cc1ccccc1Cl)C(=O)CCc1ccc(OCC)c(OCC)c1. The lowest BCUT2D eigenvalue weighted by Crippen LogP contribution is -2.50. The molecule has 0 aromatic heterocycles. The first-order chi connectivity index (χ1) is 19.5. The van der Waals surface area contributed by atoms with Gasteiger partial charge in [-0.3, -0.25) is 9.59 Å². The summed E-state index contributed by atoms with van der Waals surface area (Å²) in [6.07, 6.45) is 2.99. The Hall–Kier alpha value is -3.51. The van der Waals surface area contributed by atoms with Gasteiger partial charge in [0.2, 0.25) is 11.8 Å². The molecule has 3 aromatic carbocycles. The molecule has 0 aliphatic heterocycles. The maximum Gasteiger partial charge on any atom is 0.243 e. The summed E-state index contributed by atoms with van der Waals surface area (Å²) in [6, 6.07) is 22.4. The van der Waals surface area contributed by atoms with Gasteiger partial charge in [-0.05, 0) is 61.6 Å². The standard InChI is InChI=1S/C33H41ClN2O4/c1-4-7-21-35-33(38)29(22-25-13-9-8-10-14-25)36(24-27-15-11-12-16-28(27)34)32(37)20-18-26-17-19-30(39-5-2)31(23-26)40-6-3/h8-17,19,23,29H,4-7,18,20-22,24H2,1-3H3,(H,35,38)/t29-/m0/s1. The molecule has 0 unspecified atom stereocenters. The van der Waals surface area contributed by atoms with Crippen molar-refractivity contribution in [1.82, 2.24) is 10.2 Å². The molecule has 3 aromatic rings. The highest BCUT2D eigenvalue weighted by Gasteiger charge is 2.30. The second kappa shape index (κ2) is 16.6. The van der Waals surface area contributed by atoms with Crippen molar-refractivity contribution in [3.63, 3.8) is 0 Å². The average molecular weight is 565 g/mol. The Bertz CT molecular complexity index is 1220. The number of hydrogen-bond donors (Lipinski definition) is 1. The molecule has 1 atom stereocenters. The van der Waals surface area contributed by atoms with Gasteiger partial charge in [-0.1, -0.05) is 79.5 Å². The summed E-state index contributed by atoms with van der Waals surface area (Å²) in [5.74, 6) is 1.08. The monoisotopic (exact) mass is 564 g/mol. The number of aryl methyl sites for hydroxylation is 1. The molecule has 0 aliphatic carbocycles. The Morgan fingerprint density at radius 1 is 0.875 bits per heavy atom. The molecule has 0 saturated heterocycles. The zero-order valence-electron chi connectivity index (χ0n) is 23.8. The third kappa shape index (κ3) is 9.30. The number of amides is 2. The lowest BCUT2D eigenvalue weighted by Gasteiger charge is -2.32. The van der Waals surface area contributed by atoms with E-state index >= 15 is 0 Å². The maximum atomic E-state index is 13.9. The minimum Gasteiger partial charge on any atom is -0.490 e. The van der Waals surface area contributed by atoms with Crippen LogP contribution in [0.2, 0.25) is 5.02 Å². The van der Waals surface area contributed by atoms with Crippen LogP contribution in [-0.2, 0) is 29.0 Å². The summed E-state index contributed by atoms with van der Waals surface area (Å²) >= 11 is 6.52. The van der Waals surface area contributed by atoms with E-state index in [0.29, 0.717) is 49.1 Å². The van der Waals surface area contributed by atoms with Crippen molar-refractivity contribution in [3.8, 4) is 11.5 Å². The van der Waals surface area contributed by atoms with Gasteiger partial charge in [0.05, 0.1) is 13.2 Å². The van der Waals surface area contributed by atoms with Gasteiger partial charge < -0.3 is 19.7 Å². The van der Waals surface area contributed by atoms with Crippen LogP contribution < -0.4 is 14.8 Å². The molecule has 0 aliphatic rings. The van der Waals surface area contributed by atoms with E-state index in [1.807, 2.05) is 86.6 Å². The summed E-state index contributed by atoms with van der Waals surface area (Å²) in [5, 5.41) is 3.62. The van der Waals surface area contributed by atoms with E-state index in [9.17, 15) is 9.59 Å². The first-order valence-electron chi connectivity index (χ1n) is 14.2. The summed E-state index contributed by atoms with van der Waals surface area (Å²) in [7, 11) is 0. The van der Waals surface area contributed by atoms with E-state index in [1.54, 1.807) is 4.90 Å². The van der Waals surface area contributed by atoms with Crippen LogP contribution in [0.15, 0.2) is 72.8 Å². The van der Waals surface area contributed by atoms with E-state index < -0.39 is 6.04 Å². The predicted molar refractivity (Wildman–Crippen MR) is 161 cm³/mol. The second-order valence-corrected chi connectivity index (χ2v) is 10.0. The summed E-state index contributed by atoms with van der Waals surface area (Å²) in [5.41, 5.74) is 2.75. The average Bonchev–Trinajstić information content (AvgIpc) is 2.96. The highest BCUT2D eigenvalue weighted by Crippen LogP contribution is 2.29. The van der Waals surface area contributed by atoms with Crippen LogP contribution in [0.3, 0.4) is 0 Å². The first-order valence-corrected chi connectivity index (χ1v) is 14.6. The van der Waals surface area contributed by atoms with Crippen LogP contribution in [-0.4, -0.2) is 42.5 Å². The van der Waals surface area contributed by atoms with E-state index in [4.69, 9.17) is 21.1 Å². The Kier molecular flexibility index (Phi) is 12.8. The Morgan fingerprint density at radius 2 is 1.57 bits per heavy atom. The number of nitrogens with one attached hydrogen (secondary N) is 1. The van der Waals surface area contributed by atoms with E-state index in [1.165, 1.54) is 0 Å². The molecular formula is C33H41ClN2O4. The molecule has 0 spiro atoms. The van der Waals surface area contributed by atoms with Gasteiger partial charge in [-0.25, -0.2) is 0 Å². The Labute approximate surface area is 243 Å². The van der Waals surface area contributed by atoms with Crippen LogP contribution >= 0.6 is 11.6 Å². The number of unbranched alkanes of at least 4 members (excludes halogenated alkanes) is 1. The lowest BCUT2D eigenvalue weighted by molar-refractivity contribution is -0.141. The van der Waals surface area contributed by atoms with Gasteiger partial charge >= 0.3 is 0 Å². The smallest absolute Gasteiger partial charge is 0.243 e. The largest absolute Gasteiger partial charge is 0.490 e. The normalized spacial score (nSPS) is 11.5. The van der Waals surface area contributed by atoms with Crippen LogP contribution in [0.5, 0.6) is 11.5 Å². The molecule has 0 fully saturated rings. The minimum atomic E-state index is -0.678. The fraction of sp³-hybridized carbons (Fsp3) is 0.394. The lowest BCUT2D eigenvalue weighted by atomic mass is 10.0. The summed E-state index contributed by atoms with van der Waals surface area (Å²) < 4.78 is 11.5. The summed E-state index contributed by atoms with van der Waals surface area (Å²) in [6.45, 7) is 7.81. The number of benzene rings is 3. The molecule has 2 amide bonds. The minimum absolute atomic E-state index is 0.113. The Balaban J connectivity index is 1.89. The number of rotatable bonds is 16. The van der Waals surface area contributed by atoms with Crippen LogP contribution in [0.25, 0.3) is 0 Å². The second-order valence-electron chi connectivity index (χ2n) is 9.61. The van der Waals surface area contributed by atoms with Crippen molar-refractivity contribution in [3.05, 3.63) is 94.5 Å². The Morgan fingerprint density at radius 3 is 2.27 bits per heavy atom. The van der Waals surface area contributed by atoms with Crippen molar-refractivity contribution in [2.75, 3.05) is 19.8 Å². The van der Waals surface area contributed by atoms with Gasteiger partial charge in [0.15, 0.2) is 11.5 Å². The zero-order valence-corrected chi connectivity index (χ0v) is 24.6. The van der Waals surface area contributed by atoms with E-state index in [-0.39, 0.29) is 24.8 Å². The topological polar surface area (TPSA) is 67.9 Å². The quantitative estimate of drug-likeness (QED) is 0.198. The molecule has 214 valence electrons. The number of halogens is 1. The van der Waals surface area contributed by atoms with Gasteiger partial charge in [-0.2, -0.15) is 0 Å². The van der Waals surface area contributed by atoms with Crippen LogP contribution in [0.4, 0.5) is 0 Å². The molecule has 0 radical (unpaired) electrons. The number of carbonyl (C=O) groups is 2. The highest BCUT2D eigenvalue weighted by atomic mass is 35.5. The van der Waals surface area contributed by atoms with Crippen molar-refractivity contribution in [1.29, 1.82) is 0 Å². The van der Waals surface area contributed by atoms with Crippen molar-refractivity contribution in [2.45, 2.75) is 65.5 Å². The number of carbonyl (C=O) groups excluding carboxylic acids is 2. The first kappa shape index (κ1) is 31.0. The molecule has 3 rings (SSSR count). The van der Waals surface area contributed by atoms with Crippen LogP contribution in [0, 0.1) is 0 Å². The van der Waals surface area contributed by atoms with Gasteiger partial charge in [0.25, 0.3) is 0 Å². The number of ether oxygens (including phenoxy) is 2. The third-order valence-corrected chi connectivity index (χ3v) is 7.00. The van der Waals surface area contributed by atoms with Crippen molar-refractivity contribution >= 4 is 23.4 Å². The van der Waals surface area contributed by atoms with Crippen LogP contribution in [0.1, 0.15) is 56.7 Å². The molecule has 1 N–H and O–H groups in total. The van der Waals surface area contributed by atoms with E-state index in [2.05, 4.69) is 12.2 Å². The molecule has 0 heterocycles. The maximum absolute atomic E-state index is 13.9. The number of nitrogens with zero attached hydrogens (tertiary/aromatic N) is 1. The number of hydrogen-bond acceptors (Lipinski definition) is 4.